The highest BCUT2D eigenvalue weighted by atomic mass is 19.1. The van der Waals surface area contributed by atoms with Crippen LogP contribution in [0, 0.1) is 5.82 Å². The van der Waals surface area contributed by atoms with Gasteiger partial charge in [-0.25, -0.2) is 4.39 Å². The van der Waals surface area contributed by atoms with Crippen LogP contribution in [0.15, 0.2) is 36.4 Å². The third-order valence-corrected chi connectivity index (χ3v) is 5.40. The highest BCUT2D eigenvalue weighted by Crippen LogP contribution is 2.32. The molecule has 9 heteroatoms. The molecule has 4 amide bonds. The molecule has 0 radical (unpaired) electrons. The van der Waals surface area contributed by atoms with Crippen molar-refractivity contribution in [3.05, 3.63) is 64.5 Å². The number of hydrogen-bond donors (Lipinski definition) is 3. The monoisotopic (exact) mass is 410 g/mol. The van der Waals surface area contributed by atoms with Gasteiger partial charge in [0.15, 0.2) is 0 Å². The lowest BCUT2D eigenvalue weighted by molar-refractivity contribution is -0.136. The van der Waals surface area contributed by atoms with E-state index in [2.05, 4.69) is 10.6 Å². The summed E-state index contributed by atoms with van der Waals surface area (Å²) in [4.78, 5) is 49.2. The minimum Gasteiger partial charge on any atom is -0.381 e. The normalized spacial score (nSPS) is 18.2. The molecule has 154 valence electrons. The number of rotatable bonds is 5. The van der Waals surface area contributed by atoms with Crippen molar-refractivity contribution >= 4 is 29.3 Å². The predicted molar refractivity (Wildman–Crippen MR) is 105 cm³/mol. The van der Waals surface area contributed by atoms with Crippen molar-refractivity contribution in [2.45, 2.75) is 32.0 Å². The SMILES string of the molecule is NC(=O)c1cccc(CNc2cccc3c2CN([C@H]2CCC(=O)NC2=O)C3=O)c1F. The second kappa shape index (κ2) is 7.58. The first kappa shape index (κ1) is 19.6. The van der Waals surface area contributed by atoms with E-state index in [4.69, 9.17) is 5.73 Å². The third-order valence-electron chi connectivity index (χ3n) is 5.40. The molecule has 0 aliphatic carbocycles. The molecule has 0 spiro atoms. The molecule has 2 aliphatic rings. The van der Waals surface area contributed by atoms with Gasteiger partial charge in [-0.05, 0) is 24.6 Å². The lowest BCUT2D eigenvalue weighted by Gasteiger charge is -2.29. The zero-order chi connectivity index (χ0) is 21.4. The number of hydrogen-bond acceptors (Lipinski definition) is 5. The van der Waals surface area contributed by atoms with Crippen molar-refractivity contribution in [1.29, 1.82) is 0 Å². The average Bonchev–Trinajstić information content (AvgIpc) is 3.04. The summed E-state index contributed by atoms with van der Waals surface area (Å²) in [6.07, 6.45) is 0.454. The van der Waals surface area contributed by atoms with Gasteiger partial charge in [0.2, 0.25) is 11.8 Å². The van der Waals surface area contributed by atoms with E-state index in [0.717, 1.165) is 0 Å². The number of nitrogens with one attached hydrogen (secondary N) is 2. The summed E-state index contributed by atoms with van der Waals surface area (Å²) in [5, 5.41) is 5.37. The molecule has 2 heterocycles. The Kier molecular flexibility index (Phi) is 4.94. The number of carbonyl (C=O) groups excluding carboxylic acids is 4. The van der Waals surface area contributed by atoms with E-state index in [1.807, 2.05) is 0 Å². The van der Waals surface area contributed by atoms with Gasteiger partial charge in [-0.15, -0.1) is 0 Å². The number of piperidine rings is 1. The predicted octanol–water partition coefficient (Wildman–Crippen LogP) is 1.30. The number of carbonyl (C=O) groups is 4. The molecule has 2 aliphatic heterocycles. The van der Waals surface area contributed by atoms with E-state index in [9.17, 15) is 23.6 Å². The number of fused-ring (bicyclic) bond motifs is 1. The molecule has 1 saturated heterocycles. The standard InChI is InChI=1S/C21H19FN4O4/c22-18-11(3-1-5-13(18)19(23)28)9-24-15-6-2-4-12-14(15)10-26(21(12)30)16-7-8-17(27)25-20(16)29/h1-6,16,24H,7-10H2,(H2,23,28)(H,25,27,29)/t16-/m0/s1. The van der Waals surface area contributed by atoms with Crippen LogP contribution in [0.4, 0.5) is 10.1 Å². The number of nitrogens with two attached hydrogens (primary N) is 1. The van der Waals surface area contributed by atoms with Crippen LogP contribution in [0.1, 0.15) is 44.7 Å². The van der Waals surface area contributed by atoms with Crippen molar-refractivity contribution in [3.8, 4) is 0 Å². The topological polar surface area (TPSA) is 122 Å². The summed E-state index contributed by atoms with van der Waals surface area (Å²) in [6.45, 7) is 0.281. The fraction of sp³-hybridized carbons (Fsp3) is 0.238. The van der Waals surface area contributed by atoms with Crippen LogP contribution in [0.25, 0.3) is 0 Å². The first-order chi connectivity index (χ1) is 14.4. The molecule has 8 nitrogen and oxygen atoms in total. The number of halogens is 1. The van der Waals surface area contributed by atoms with Crippen LogP contribution in [0.2, 0.25) is 0 Å². The Bertz CT molecular complexity index is 1080. The first-order valence-electron chi connectivity index (χ1n) is 9.44. The summed E-state index contributed by atoms with van der Waals surface area (Å²) in [5.41, 5.74) is 7.03. The molecule has 0 saturated carbocycles. The van der Waals surface area contributed by atoms with E-state index in [0.29, 0.717) is 16.8 Å². The van der Waals surface area contributed by atoms with Gasteiger partial charge in [-0.1, -0.05) is 18.2 Å². The second-order valence-corrected chi connectivity index (χ2v) is 7.23. The summed E-state index contributed by atoms with van der Waals surface area (Å²) in [7, 11) is 0. The Balaban J connectivity index is 1.55. The summed E-state index contributed by atoms with van der Waals surface area (Å²) >= 11 is 0. The van der Waals surface area contributed by atoms with Crippen molar-refractivity contribution in [3.63, 3.8) is 0 Å². The summed E-state index contributed by atoms with van der Waals surface area (Å²) < 4.78 is 14.5. The van der Waals surface area contributed by atoms with E-state index in [1.165, 1.54) is 11.0 Å². The molecule has 1 fully saturated rings. The molecule has 30 heavy (non-hydrogen) atoms. The Morgan fingerprint density at radius 2 is 1.97 bits per heavy atom. The van der Waals surface area contributed by atoms with Crippen molar-refractivity contribution in [2.75, 3.05) is 5.32 Å². The maximum absolute atomic E-state index is 14.5. The highest BCUT2D eigenvalue weighted by molar-refractivity contribution is 6.06. The largest absolute Gasteiger partial charge is 0.381 e. The molecule has 4 rings (SSSR count). The maximum atomic E-state index is 14.5. The van der Waals surface area contributed by atoms with E-state index >= 15 is 0 Å². The molecular weight excluding hydrogens is 391 g/mol. The van der Waals surface area contributed by atoms with Crippen molar-refractivity contribution < 1.29 is 23.6 Å². The molecule has 4 N–H and O–H groups in total. The Hall–Kier alpha value is -3.75. The number of nitrogens with zero attached hydrogens (tertiary/aromatic N) is 1. The second-order valence-electron chi connectivity index (χ2n) is 7.23. The smallest absolute Gasteiger partial charge is 0.255 e. The fourth-order valence-corrected chi connectivity index (χ4v) is 3.85. The van der Waals surface area contributed by atoms with E-state index in [1.54, 1.807) is 30.3 Å². The molecule has 0 bridgehead atoms. The number of benzene rings is 2. The molecule has 0 aromatic heterocycles. The first-order valence-corrected chi connectivity index (χ1v) is 9.44. The average molecular weight is 410 g/mol. The minimum absolute atomic E-state index is 0.0794. The Morgan fingerprint density at radius 1 is 1.20 bits per heavy atom. The fourth-order valence-electron chi connectivity index (χ4n) is 3.85. The Morgan fingerprint density at radius 3 is 2.70 bits per heavy atom. The number of imide groups is 1. The third kappa shape index (κ3) is 3.38. The highest BCUT2D eigenvalue weighted by Gasteiger charge is 2.39. The van der Waals surface area contributed by atoms with E-state index in [-0.39, 0.29) is 48.9 Å². The van der Waals surface area contributed by atoms with Gasteiger partial charge in [0.05, 0.1) is 5.56 Å². The number of amides is 4. The quantitative estimate of drug-likeness (QED) is 0.642. The molecule has 0 unspecified atom stereocenters. The van der Waals surface area contributed by atoms with Gasteiger partial charge in [0, 0.05) is 41.9 Å². The lowest BCUT2D eigenvalue weighted by Crippen LogP contribution is -2.52. The minimum atomic E-state index is -0.847. The van der Waals surface area contributed by atoms with Crippen LogP contribution < -0.4 is 16.4 Å². The zero-order valence-corrected chi connectivity index (χ0v) is 15.9. The molecule has 1 atom stereocenters. The van der Waals surface area contributed by atoms with Crippen LogP contribution in [-0.4, -0.2) is 34.6 Å². The lowest BCUT2D eigenvalue weighted by atomic mass is 10.0. The van der Waals surface area contributed by atoms with Gasteiger partial charge in [0.25, 0.3) is 11.8 Å². The number of anilines is 1. The van der Waals surface area contributed by atoms with Crippen LogP contribution in [-0.2, 0) is 22.7 Å². The van der Waals surface area contributed by atoms with Gasteiger partial charge in [-0.3, -0.25) is 24.5 Å². The molecule has 2 aromatic carbocycles. The Labute approximate surface area is 171 Å². The zero-order valence-electron chi connectivity index (χ0n) is 15.9. The van der Waals surface area contributed by atoms with Crippen LogP contribution in [0.3, 0.4) is 0 Å². The van der Waals surface area contributed by atoms with Crippen molar-refractivity contribution in [1.82, 2.24) is 10.2 Å². The molecular formula is C21H19FN4O4. The molecule has 2 aromatic rings. The van der Waals surface area contributed by atoms with Crippen LogP contribution in [0.5, 0.6) is 0 Å². The van der Waals surface area contributed by atoms with Gasteiger partial charge >= 0.3 is 0 Å². The van der Waals surface area contributed by atoms with Crippen molar-refractivity contribution in [2.24, 2.45) is 5.73 Å². The summed E-state index contributed by atoms with van der Waals surface area (Å²) in [5.74, 6) is -2.65. The maximum Gasteiger partial charge on any atom is 0.255 e. The van der Waals surface area contributed by atoms with Gasteiger partial charge < -0.3 is 16.0 Å². The number of primary amides is 1. The van der Waals surface area contributed by atoms with E-state index < -0.39 is 23.7 Å². The van der Waals surface area contributed by atoms with Crippen LogP contribution >= 0.6 is 0 Å². The van der Waals surface area contributed by atoms with Gasteiger partial charge in [0.1, 0.15) is 11.9 Å². The van der Waals surface area contributed by atoms with Gasteiger partial charge in [-0.2, -0.15) is 0 Å². The summed E-state index contributed by atoms with van der Waals surface area (Å²) in [6, 6.07) is 8.82.